The number of nitrogens with zero attached hydrogens (tertiary/aromatic N) is 2. The zero-order valence-electron chi connectivity index (χ0n) is 11.7. The second kappa shape index (κ2) is 4.96. The van der Waals surface area contributed by atoms with Crippen molar-refractivity contribution < 1.29 is 13.2 Å². The minimum absolute atomic E-state index is 0.0729. The van der Waals surface area contributed by atoms with Gasteiger partial charge >= 0.3 is 0 Å². The summed E-state index contributed by atoms with van der Waals surface area (Å²) in [5, 5.41) is 0.534. The van der Waals surface area contributed by atoms with Crippen molar-refractivity contribution in [3.8, 4) is 0 Å². The van der Waals surface area contributed by atoms with Crippen LogP contribution < -0.4 is 5.73 Å². The van der Waals surface area contributed by atoms with Crippen LogP contribution in [0.3, 0.4) is 0 Å². The second-order valence-electron chi connectivity index (χ2n) is 4.89. The molecule has 0 bridgehead atoms. The van der Waals surface area contributed by atoms with Crippen LogP contribution in [0.15, 0.2) is 53.6 Å². The molecule has 1 amide bonds. The standard InChI is InChI=1S/C15H13N3O3S/c1-10-4-6-12(7-5-10)22(20,21)18-13(14(16)19)9-11-3-2-8-17-15(11)18/h2-9H,1H3,(H2,16,19). The molecule has 6 nitrogen and oxygen atoms in total. The van der Waals surface area contributed by atoms with Crippen LogP contribution in [0.2, 0.25) is 0 Å². The van der Waals surface area contributed by atoms with E-state index in [1.54, 1.807) is 24.3 Å². The van der Waals surface area contributed by atoms with Crippen LogP contribution in [-0.2, 0) is 10.0 Å². The Hall–Kier alpha value is -2.67. The summed E-state index contributed by atoms with van der Waals surface area (Å²) < 4.78 is 26.6. The fourth-order valence-corrected chi connectivity index (χ4v) is 3.71. The van der Waals surface area contributed by atoms with Gasteiger partial charge in [0.2, 0.25) is 0 Å². The van der Waals surface area contributed by atoms with Gasteiger partial charge in [0.05, 0.1) is 4.90 Å². The Kier molecular flexibility index (Phi) is 3.22. The van der Waals surface area contributed by atoms with Crippen LogP contribution >= 0.6 is 0 Å². The lowest BCUT2D eigenvalue weighted by molar-refractivity contribution is 0.0995. The molecule has 0 aliphatic heterocycles. The molecule has 3 aromatic rings. The summed E-state index contributed by atoms with van der Waals surface area (Å²) in [5.74, 6) is -0.825. The number of pyridine rings is 1. The van der Waals surface area contributed by atoms with Gasteiger partial charge in [0.25, 0.3) is 15.9 Å². The second-order valence-corrected chi connectivity index (χ2v) is 6.68. The molecule has 2 heterocycles. The zero-order valence-corrected chi connectivity index (χ0v) is 12.5. The van der Waals surface area contributed by atoms with E-state index in [-0.39, 0.29) is 16.2 Å². The smallest absolute Gasteiger partial charge is 0.270 e. The molecule has 0 aliphatic carbocycles. The molecule has 0 atom stereocenters. The molecule has 112 valence electrons. The first-order valence-electron chi connectivity index (χ1n) is 6.50. The third-order valence-electron chi connectivity index (χ3n) is 3.33. The van der Waals surface area contributed by atoms with Crippen LogP contribution in [0, 0.1) is 6.92 Å². The Morgan fingerprint density at radius 3 is 2.50 bits per heavy atom. The summed E-state index contributed by atoms with van der Waals surface area (Å²) in [6, 6.07) is 11.1. The van der Waals surface area contributed by atoms with E-state index in [0.717, 1.165) is 9.54 Å². The van der Waals surface area contributed by atoms with Crippen molar-refractivity contribution in [3.05, 3.63) is 59.9 Å². The first-order chi connectivity index (χ1) is 10.4. The van der Waals surface area contributed by atoms with E-state index < -0.39 is 15.9 Å². The highest BCUT2D eigenvalue weighted by molar-refractivity contribution is 7.90. The summed E-state index contributed by atoms with van der Waals surface area (Å²) in [7, 11) is -3.96. The van der Waals surface area contributed by atoms with Gasteiger partial charge in [-0.3, -0.25) is 4.79 Å². The molecule has 1 aromatic carbocycles. The number of rotatable bonds is 3. The van der Waals surface area contributed by atoms with Gasteiger partial charge in [0, 0.05) is 11.6 Å². The highest BCUT2D eigenvalue weighted by Gasteiger charge is 2.25. The molecule has 0 aliphatic rings. The molecular weight excluding hydrogens is 302 g/mol. The molecule has 0 radical (unpaired) electrons. The number of aryl methyl sites for hydroxylation is 1. The molecule has 3 rings (SSSR count). The van der Waals surface area contributed by atoms with Crippen LogP contribution in [0.1, 0.15) is 16.1 Å². The summed E-state index contributed by atoms with van der Waals surface area (Å²) in [6.45, 7) is 1.86. The molecule has 0 spiro atoms. The Morgan fingerprint density at radius 1 is 1.18 bits per heavy atom. The minimum atomic E-state index is -3.96. The molecule has 0 saturated heterocycles. The molecule has 2 aromatic heterocycles. The number of carbonyl (C=O) groups excluding carboxylic acids is 1. The Bertz CT molecular complexity index is 973. The van der Waals surface area contributed by atoms with Crippen molar-refractivity contribution in [2.75, 3.05) is 0 Å². The summed E-state index contributed by atoms with van der Waals surface area (Å²) in [4.78, 5) is 15.8. The van der Waals surface area contributed by atoms with Gasteiger partial charge in [-0.15, -0.1) is 0 Å². The van der Waals surface area contributed by atoms with Crippen molar-refractivity contribution in [1.82, 2.24) is 8.96 Å². The number of hydrogen-bond donors (Lipinski definition) is 1. The lowest BCUT2D eigenvalue weighted by Gasteiger charge is -2.09. The number of benzene rings is 1. The highest BCUT2D eigenvalue weighted by atomic mass is 32.2. The van der Waals surface area contributed by atoms with Crippen molar-refractivity contribution in [2.24, 2.45) is 5.73 Å². The van der Waals surface area contributed by atoms with Crippen molar-refractivity contribution >= 4 is 27.0 Å². The number of nitrogens with two attached hydrogens (primary N) is 1. The number of primary amides is 1. The zero-order chi connectivity index (χ0) is 15.9. The molecule has 2 N–H and O–H groups in total. The van der Waals surface area contributed by atoms with Gasteiger partial charge in [0.15, 0.2) is 5.65 Å². The predicted molar refractivity (Wildman–Crippen MR) is 82.0 cm³/mol. The number of carbonyl (C=O) groups is 1. The first kappa shape index (κ1) is 14.3. The third kappa shape index (κ3) is 2.15. The first-order valence-corrected chi connectivity index (χ1v) is 7.94. The minimum Gasteiger partial charge on any atom is -0.364 e. The van der Waals surface area contributed by atoms with E-state index in [9.17, 15) is 13.2 Å². The van der Waals surface area contributed by atoms with E-state index in [1.165, 1.54) is 24.4 Å². The number of fused-ring (bicyclic) bond motifs is 1. The Balaban J connectivity index is 2.35. The van der Waals surface area contributed by atoms with Gasteiger partial charge in [0.1, 0.15) is 5.69 Å². The average Bonchev–Trinajstić information content (AvgIpc) is 2.88. The van der Waals surface area contributed by atoms with Gasteiger partial charge in [-0.1, -0.05) is 17.7 Å². The topological polar surface area (TPSA) is 95.0 Å². The summed E-state index contributed by atoms with van der Waals surface area (Å²) >= 11 is 0. The van der Waals surface area contributed by atoms with E-state index >= 15 is 0 Å². The predicted octanol–water partition coefficient (Wildman–Crippen LogP) is 1.68. The van der Waals surface area contributed by atoms with E-state index in [1.807, 2.05) is 6.92 Å². The van der Waals surface area contributed by atoms with Crippen LogP contribution in [-0.4, -0.2) is 23.3 Å². The van der Waals surface area contributed by atoms with Gasteiger partial charge < -0.3 is 5.73 Å². The molecule has 7 heteroatoms. The van der Waals surface area contributed by atoms with Crippen LogP contribution in [0.25, 0.3) is 11.0 Å². The molecular formula is C15H13N3O3S. The van der Waals surface area contributed by atoms with E-state index in [0.29, 0.717) is 5.39 Å². The molecule has 0 fully saturated rings. The fourth-order valence-electron chi connectivity index (χ4n) is 2.24. The quantitative estimate of drug-likeness (QED) is 0.795. The largest absolute Gasteiger partial charge is 0.364 e. The van der Waals surface area contributed by atoms with Crippen LogP contribution in [0.4, 0.5) is 0 Å². The molecule has 22 heavy (non-hydrogen) atoms. The summed E-state index contributed by atoms with van der Waals surface area (Å²) in [6.07, 6.45) is 1.47. The number of amides is 1. The van der Waals surface area contributed by atoms with Gasteiger partial charge in [-0.2, -0.15) is 0 Å². The molecule has 0 unspecified atom stereocenters. The van der Waals surface area contributed by atoms with Gasteiger partial charge in [-0.05, 0) is 37.3 Å². The van der Waals surface area contributed by atoms with E-state index in [4.69, 9.17) is 5.73 Å². The fraction of sp³-hybridized carbons (Fsp3) is 0.0667. The maximum absolute atomic E-state index is 12.9. The lowest BCUT2D eigenvalue weighted by atomic mass is 10.2. The summed E-state index contributed by atoms with van der Waals surface area (Å²) in [5.41, 5.74) is 6.32. The Morgan fingerprint density at radius 2 is 1.86 bits per heavy atom. The van der Waals surface area contributed by atoms with Crippen LogP contribution in [0.5, 0.6) is 0 Å². The van der Waals surface area contributed by atoms with E-state index in [2.05, 4.69) is 4.98 Å². The molecule has 0 saturated carbocycles. The van der Waals surface area contributed by atoms with Crippen molar-refractivity contribution in [3.63, 3.8) is 0 Å². The lowest BCUT2D eigenvalue weighted by Crippen LogP contribution is -2.22. The normalized spacial score (nSPS) is 11.7. The highest BCUT2D eigenvalue weighted by Crippen LogP contribution is 2.24. The third-order valence-corrected chi connectivity index (χ3v) is 5.05. The Labute approximate surface area is 127 Å². The van der Waals surface area contributed by atoms with Crippen molar-refractivity contribution in [2.45, 2.75) is 11.8 Å². The van der Waals surface area contributed by atoms with Crippen molar-refractivity contribution in [1.29, 1.82) is 0 Å². The SMILES string of the molecule is Cc1ccc(S(=O)(=O)n2c(C(N)=O)cc3cccnc32)cc1. The van der Waals surface area contributed by atoms with Gasteiger partial charge in [-0.25, -0.2) is 17.4 Å². The maximum Gasteiger partial charge on any atom is 0.270 e. The number of aromatic nitrogens is 2. The average molecular weight is 315 g/mol. The monoisotopic (exact) mass is 315 g/mol. The maximum atomic E-state index is 12.9. The number of hydrogen-bond acceptors (Lipinski definition) is 4.